The van der Waals surface area contributed by atoms with Crippen LogP contribution in [0.3, 0.4) is 0 Å². The van der Waals surface area contributed by atoms with Crippen LogP contribution in [0.15, 0.2) is 139 Å². The van der Waals surface area contributed by atoms with Gasteiger partial charge in [0.25, 0.3) is 0 Å². The number of anilines is 5. The summed E-state index contributed by atoms with van der Waals surface area (Å²) in [6, 6.07) is 46.2. The van der Waals surface area contributed by atoms with E-state index in [0.29, 0.717) is 0 Å². The molecule has 0 heterocycles. The second kappa shape index (κ2) is 10.7. The molecule has 0 saturated heterocycles. The smallest absolute Gasteiger partial charge is 0.0652 e. The first-order valence-electron chi connectivity index (χ1n) is 12.2. The quantitative estimate of drug-likeness (QED) is 0.176. The molecule has 0 aromatic heterocycles. The lowest BCUT2D eigenvalue weighted by atomic mass is 10.1. The van der Waals surface area contributed by atoms with Crippen molar-refractivity contribution in [3.05, 3.63) is 150 Å². The molecule has 0 aliphatic carbocycles. The molecule has 5 aromatic rings. The normalized spacial score (nSPS) is 10.9. The highest BCUT2D eigenvalue weighted by atomic mass is 15.5. The molecule has 0 N–H and O–H groups in total. The molecule has 3 nitrogen and oxygen atoms in total. The van der Waals surface area contributed by atoms with E-state index in [4.69, 9.17) is 5.10 Å². The molecule has 0 bridgehead atoms. The Balaban J connectivity index is 1.46. The maximum atomic E-state index is 4.84. The number of hydrazone groups is 1. The van der Waals surface area contributed by atoms with Gasteiger partial charge >= 0.3 is 0 Å². The fourth-order valence-corrected chi connectivity index (χ4v) is 4.09. The molecule has 0 spiro atoms. The largest absolute Gasteiger partial charge is 0.311 e. The molecule has 0 radical (unpaired) electrons. The van der Waals surface area contributed by atoms with Crippen LogP contribution in [-0.2, 0) is 0 Å². The van der Waals surface area contributed by atoms with E-state index in [1.54, 1.807) is 0 Å². The molecule has 0 aliphatic rings. The van der Waals surface area contributed by atoms with Gasteiger partial charge in [0.2, 0.25) is 0 Å². The molecular weight excluding hydrogens is 438 g/mol. The average Bonchev–Trinajstić information content (AvgIpc) is 2.93. The Morgan fingerprint density at radius 2 is 0.833 bits per heavy atom. The van der Waals surface area contributed by atoms with Crippen LogP contribution in [0.4, 0.5) is 28.4 Å². The van der Waals surface area contributed by atoms with Crippen LogP contribution in [-0.4, -0.2) is 6.21 Å². The predicted octanol–water partition coefficient (Wildman–Crippen LogP) is 8.95. The van der Waals surface area contributed by atoms with Crippen molar-refractivity contribution >= 4 is 34.7 Å². The van der Waals surface area contributed by atoms with Crippen LogP contribution in [0.1, 0.15) is 16.7 Å². The summed E-state index contributed by atoms with van der Waals surface area (Å²) in [5, 5.41) is 6.80. The highest BCUT2D eigenvalue weighted by molar-refractivity contribution is 5.84. The highest BCUT2D eigenvalue weighted by Gasteiger charge is 2.12. The van der Waals surface area contributed by atoms with Crippen LogP contribution in [0.25, 0.3) is 0 Å². The van der Waals surface area contributed by atoms with Crippen molar-refractivity contribution in [1.29, 1.82) is 0 Å². The van der Waals surface area contributed by atoms with Gasteiger partial charge in [-0.15, -0.1) is 0 Å². The summed E-state index contributed by atoms with van der Waals surface area (Å²) in [6.07, 6.45) is 1.91. The highest BCUT2D eigenvalue weighted by Crippen LogP contribution is 2.34. The maximum absolute atomic E-state index is 4.84. The minimum atomic E-state index is 1.02. The summed E-state index contributed by atoms with van der Waals surface area (Å²) in [4.78, 5) is 2.28. The van der Waals surface area contributed by atoms with E-state index < -0.39 is 0 Å². The molecule has 5 aromatic carbocycles. The van der Waals surface area contributed by atoms with Gasteiger partial charge in [-0.25, -0.2) is 5.01 Å². The fraction of sp³-hybridized carbons (Fsp3) is 0.0606. The van der Waals surface area contributed by atoms with Crippen LogP contribution in [0.5, 0.6) is 0 Å². The Morgan fingerprint density at radius 3 is 1.25 bits per heavy atom. The number of hydrogen-bond acceptors (Lipinski definition) is 3. The van der Waals surface area contributed by atoms with Gasteiger partial charge in [0.15, 0.2) is 0 Å². The molecule has 0 fully saturated rings. The van der Waals surface area contributed by atoms with Crippen molar-refractivity contribution in [1.82, 2.24) is 0 Å². The lowest BCUT2D eigenvalue weighted by molar-refractivity contribution is 1.09. The van der Waals surface area contributed by atoms with Crippen LogP contribution in [0, 0.1) is 13.8 Å². The van der Waals surface area contributed by atoms with Crippen LogP contribution < -0.4 is 9.91 Å². The number of nitrogens with zero attached hydrogens (tertiary/aromatic N) is 3. The van der Waals surface area contributed by atoms with Gasteiger partial charge in [0.1, 0.15) is 0 Å². The molecule has 0 amide bonds. The van der Waals surface area contributed by atoms with E-state index in [1.807, 2.05) is 47.6 Å². The average molecular weight is 468 g/mol. The second-order valence-corrected chi connectivity index (χ2v) is 8.83. The van der Waals surface area contributed by atoms with Crippen molar-refractivity contribution < 1.29 is 0 Å². The number of para-hydroxylation sites is 2. The summed E-state index contributed by atoms with van der Waals surface area (Å²) in [5.74, 6) is 0. The Hall–Kier alpha value is -4.63. The molecule has 5 rings (SSSR count). The second-order valence-electron chi connectivity index (χ2n) is 8.83. The Labute approximate surface area is 213 Å². The minimum Gasteiger partial charge on any atom is -0.311 e. The molecule has 3 heteroatoms. The van der Waals surface area contributed by atoms with E-state index in [0.717, 1.165) is 34.0 Å². The van der Waals surface area contributed by atoms with Crippen molar-refractivity contribution in [3.8, 4) is 0 Å². The van der Waals surface area contributed by atoms with Gasteiger partial charge in [-0.1, -0.05) is 83.9 Å². The van der Waals surface area contributed by atoms with Gasteiger partial charge in [-0.3, -0.25) is 0 Å². The SMILES string of the molecule is Cc1ccc(N(c2ccc(C)cc2)c2ccc(/C=N/N(c3ccccc3)c3ccccc3)cc2)cc1. The van der Waals surface area contributed by atoms with E-state index >= 15 is 0 Å². The minimum absolute atomic E-state index is 1.02. The first kappa shape index (κ1) is 23.1. The zero-order valence-electron chi connectivity index (χ0n) is 20.6. The topological polar surface area (TPSA) is 18.8 Å². The summed E-state index contributed by atoms with van der Waals surface area (Å²) >= 11 is 0. The lowest BCUT2D eigenvalue weighted by Crippen LogP contribution is -2.10. The van der Waals surface area contributed by atoms with Gasteiger partial charge < -0.3 is 4.90 Å². The number of hydrogen-bond donors (Lipinski definition) is 0. The third-order valence-electron chi connectivity index (χ3n) is 6.06. The molecule has 0 atom stereocenters. The summed E-state index contributed by atoms with van der Waals surface area (Å²) < 4.78 is 0. The Bertz CT molecular complexity index is 1320. The van der Waals surface area contributed by atoms with E-state index in [1.165, 1.54) is 11.1 Å². The van der Waals surface area contributed by atoms with Gasteiger partial charge in [-0.2, -0.15) is 5.10 Å². The molecule has 36 heavy (non-hydrogen) atoms. The number of aryl methyl sites for hydroxylation is 2. The van der Waals surface area contributed by atoms with Crippen molar-refractivity contribution in [2.24, 2.45) is 5.10 Å². The van der Waals surface area contributed by atoms with Crippen LogP contribution >= 0.6 is 0 Å². The lowest BCUT2D eigenvalue weighted by Gasteiger charge is -2.26. The fourth-order valence-electron chi connectivity index (χ4n) is 4.09. The molecule has 0 unspecified atom stereocenters. The maximum Gasteiger partial charge on any atom is 0.0652 e. The van der Waals surface area contributed by atoms with Crippen molar-refractivity contribution in [3.63, 3.8) is 0 Å². The summed E-state index contributed by atoms with van der Waals surface area (Å²) in [7, 11) is 0. The molecule has 0 saturated carbocycles. The summed E-state index contributed by atoms with van der Waals surface area (Å²) in [5.41, 5.74) is 8.91. The third-order valence-corrected chi connectivity index (χ3v) is 6.06. The van der Waals surface area contributed by atoms with Crippen molar-refractivity contribution in [2.45, 2.75) is 13.8 Å². The van der Waals surface area contributed by atoms with Crippen molar-refractivity contribution in [2.75, 3.05) is 9.91 Å². The number of rotatable bonds is 7. The first-order chi connectivity index (χ1) is 17.7. The predicted molar refractivity (Wildman–Crippen MR) is 153 cm³/mol. The zero-order valence-corrected chi connectivity index (χ0v) is 20.6. The number of benzene rings is 5. The van der Waals surface area contributed by atoms with E-state index in [-0.39, 0.29) is 0 Å². The molecule has 0 aliphatic heterocycles. The third kappa shape index (κ3) is 5.37. The van der Waals surface area contributed by atoms with E-state index in [2.05, 4.69) is 116 Å². The van der Waals surface area contributed by atoms with Crippen LogP contribution in [0.2, 0.25) is 0 Å². The summed E-state index contributed by atoms with van der Waals surface area (Å²) in [6.45, 7) is 4.23. The standard InChI is InChI=1S/C33H29N3/c1-26-13-19-29(20-14-26)35(30-21-15-27(2)16-22-30)31-23-17-28(18-24-31)25-34-36(32-9-5-3-6-10-32)33-11-7-4-8-12-33/h3-25H,1-2H3/b34-25+. The molecular formula is C33H29N3. The Morgan fingerprint density at radius 1 is 0.444 bits per heavy atom. The van der Waals surface area contributed by atoms with Gasteiger partial charge in [0.05, 0.1) is 17.6 Å². The Kier molecular flexibility index (Phi) is 6.90. The first-order valence-corrected chi connectivity index (χ1v) is 12.2. The monoisotopic (exact) mass is 467 g/mol. The zero-order chi connectivity index (χ0) is 24.7. The van der Waals surface area contributed by atoms with E-state index in [9.17, 15) is 0 Å². The molecule has 176 valence electrons. The van der Waals surface area contributed by atoms with Gasteiger partial charge in [-0.05, 0) is 80.1 Å². The van der Waals surface area contributed by atoms with Gasteiger partial charge in [0, 0.05) is 17.1 Å².